The number of aliphatic hydroxyl groups is 1. The van der Waals surface area contributed by atoms with Crippen molar-refractivity contribution in [3.05, 3.63) is 0 Å². The van der Waals surface area contributed by atoms with Crippen LogP contribution < -0.4 is 10.6 Å². The Morgan fingerprint density at radius 3 is 1.83 bits per heavy atom. The number of carboxylic acids is 1. The number of carbonyl (C=O) groups is 3. The second-order valence-corrected chi connectivity index (χ2v) is 13.3. The van der Waals surface area contributed by atoms with Gasteiger partial charge in [-0.05, 0) is 12.8 Å². The standard InChI is InChI=1S/C29H57N2O10P/c1-5-6-7-8-9-10-11-12-13-14-15-16-17-18-27(35)40-29(28(36)24(30)19-20-26(33)34)25(23-32)41-42(37,38)39-22-21-31(2,3)4/h24-25,29,32H,5-23,30H2,1-4H3,(H-,33,34,37,38). The Bertz CT molecular complexity index is 806. The van der Waals surface area contributed by atoms with E-state index in [1.807, 2.05) is 21.1 Å². The number of aliphatic carboxylic acids is 1. The van der Waals surface area contributed by atoms with Gasteiger partial charge in [0.15, 0.2) is 11.9 Å². The predicted molar refractivity (Wildman–Crippen MR) is 158 cm³/mol. The molecule has 0 rings (SSSR count). The molecule has 4 N–H and O–H groups in total. The average Bonchev–Trinajstić information content (AvgIpc) is 2.90. The Balaban J connectivity index is 4.85. The van der Waals surface area contributed by atoms with E-state index < -0.39 is 56.8 Å². The monoisotopic (exact) mass is 624 g/mol. The highest BCUT2D eigenvalue weighted by atomic mass is 31.2. The van der Waals surface area contributed by atoms with E-state index >= 15 is 0 Å². The maximum Gasteiger partial charge on any atom is 0.306 e. The highest BCUT2D eigenvalue weighted by Gasteiger charge is 2.37. The highest BCUT2D eigenvalue weighted by molar-refractivity contribution is 7.45. The molecule has 0 radical (unpaired) electrons. The van der Waals surface area contributed by atoms with Crippen LogP contribution in [0.4, 0.5) is 0 Å². The van der Waals surface area contributed by atoms with Crippen LogP contribution >= 0.6 is 7.82 Å². The van der Waals surface area contributed by atoms with Crippen LogP contribution in [0.2, 0.25) is 0 Å². The quantitative estimate of drug-likeness (QED) is 0.0499. The Hall–Kier alpha value is -1.40. The van der Waals surface area contributed by atoms with E-state index in [1.54, 1.807) is 0 Å². The molecule has 0 aliphatic heterocycles. The second-order valence-electron chi connectivity index (χ2n) is 12.0. The fourth-order valence-electron chi connectivity index (χ4n) is 4.24. The maximum absolute atomic E-state index is 13.0. The number of rotatable bonds is 28. The SMILES string of the molecule is CCCCCCCCCCCCCCCC(=O)OC(C(=O)C(N)CCC(=O)O)C(CO)OP(=O)([O-])OCC[N+](C)(C)C. The van der Waals surface area contributed by atoms with Crippen molar-refractivity contribution >= 4 is 25.5 Å². The van der Waals surface area contributed by atoms with Crippen molar-refractivity contribution in [2.45, 2.75) is 128 Å². The number of quaternary nitrogens is 1. The zero-order valence-electron chi connectivity index (χ0n) is 26.3. The lowest BCUT2D eigenvalue weighted by Gasteiger charge is -2.32. The first-order valence-corrected chi connectivity index (χ1v) is 16.9. The van der Waals surface area contributed by atoms with E-state index in [1.165, 1.54) is 51.4 Å². The first kappa shape index (κ1) is 40.6. The third-order valence-corrected chi connectivity index (χ3v) is 7.88. The number of carboxylic acid groups (broad SMARTS) is 1. The van der Waals surface area contributed by atoms with Crippen LogP contribution in [0.25, 0.3) is 0 Å². The number of hydrogen-bond acceptors (Lipinski definition) is 10. The van der Waals surface area contributed by atoms with Crippen LogP contribution in [0.1, 0.15) is 110 Å². The fraction of sp³-hybridized carbons (Fsp3) is 0.897. The summed E-state index contributed by atoms with van der Waals surface area (Å²) in [5.74, 6) is -2.89. The number of Topliss-reactive ketones (excluding diaryl/α,β-unsaturated/α-hetero) is 1. The second kappa shape index (κ2) is 23.0. The van der Waals surface area contributed by atoms with E-state index in [-0.39, 0.29) is 19.4 Å². The van der Waals surface area contributed by atoms with Gasteiger partial charge in [-0.1, -0.05) is 84.0 Å². The van der Waals surface area contributed by atoms with Gasteiger partial charge in [-0.25, -0.2) is 0 Å². The van der Waals surface area contributed by atoms with Gasteiger partial charge in [0, 0.05) is 12.8 Å². The largest absolute Gasteiger partial charge is 0.756 e. The average molecular weight is 625 g/mol. The van der Waals surface area contributed by atoms with E-state index in [0.29, 0.717) is 17.4 Å². The molecular weight excluding hydrogens is 567 g/mol. The molecule has 0 aliphatic rings. The van der Waals surface area contributed by atoms with Crippen LogP contribution in [0, 0.1) is 0 Å². The van der Waals surface area contributed by atoms with Crippen molar-refractivity contribution in [3.63, 3.8) is 0 Å². The van der Waals surface area contributed by atoms with Crippen molar-refractivity contribution in [3.8, 4) is 0 Å². The fourth-order valence-corrected chi connectivity index (χ4v) is 5.12. The van der Waals surface area contributed by atoms with Crippen molar-refractivity contribution in [2.24, 2.45) is 5.73 Å². The molecule has 0 aliphatic carbocycles. The molecule has 0 aromatic heterocycles. The minimum atomic E-state index is -5.00. The number of ketones is 1. The normalized spacial score (nSPS) is 15.5. The van der Waals surface area contributed by atoms with Gasteiger partial charge in [0.1, 0.15) is 19.3 Å². The Labute approximate surface area is 252 Å². The van der Waals surface area contributed by atoms with E-state index in [0.717, 1.165) is 25.7 Å². The molecule has 248 valence electrons. The summed E-state index contributed by atoms with van der Waals surface area (Å²) in [6.45, 7) is 1.35. The van der Waals surface area contributed by atoms with Gasteiger partial charge in [-0.2, -0.15) is 0 Å². The minimum absolute atomic E-state index is 0.0148. The topological polar surface area (TPSA) is 186 Å². The summed E-state index contributed by atoms with van der Waals surface area (Å²) in [5.41, 5.74) is 5.83. The molecule has 0 heterocycles. The first-order valence-electron chi connectivity index (χ1n) is 15.5. The number of likely N-dealkylation sites (N-methyl/N-ethyl adjacent to an activating group) is 1. The molecule has 12 nitrogen and oxygen atoms in total. The summed E-state index contributed by atoms with van der Waals surface area (Å²) in [7, 11) is 0.502. The molecule has 42 heavy (non-hydrogen) atoms. The Kier molecular flexibility index (Phi) is 22.3. The van der Waals surface area contributed by atoms with Crippen molar-refractivity contribution in [1.29, 1.82) is 0 Å². The summed E-state index contributed by atoms with van der Waals surface area (Å²) in [5, 5.41) is 18.8. The molecule has 0 bridgehead atoms. The molecule has 0 aromatic carbocycles. The molecule has 0 amide bonds. The number of unbranched alkanes of at least 4 members (excludes halogenated alkanes) is 12. The van der Waals surface area contributed by atoms with Gasteiger partial charge < -0.3 is 39.1 Å². The number of carbonyl (C=O) groups excluding carboxylic acids is 2. The number of nitrogens with zero attached hydrogens (tertiary/aromatic N) is 1. The summed E-state index contributed by atoms with van der Waals surface area (Å²) in [6, 6.07) is -1.38. The first-order chi connectivity index (χ1) is 19.7. The summed E-state index contributed by atoms with van der Waals surface area (Å²) in [4.78, 5) is 48.9. The Morgan fingerprint density at radius 1 is 0.881 bits per heavy atom. The lowest BCUT2D eigenvalue weighted by Crippen LogP contribution is -2.49. The van der Waals surface area contributed by atoms with E-state index in [2.05, 4.69) is 6.92 Å². The van der Waals surface area contributed by atoms with Crippen LogP contribution in [0.5, 0.6) is 0 Å². The van der Waals surface area contributed by atoms with Gasteiger partial charge in [0.05, 0.1) is 33.8 Å². The summed E-state index contributed by atoms with van der Waals surface area (Å²) < 4.78 is 27.9. The molecule has 4 atom stereocenters. The van der Waals surface area contributed by atoms with Crippen molar-refractivity contribution < 1.29 is 52.3 Å². The predicted octanol–water partition coefficient (Wildman–Crippen LogP) is 3.71. The Morgan fingerprint density at radius 2 is 1.38 bits per heavy atom. The molecule has 0 saturated carbocycles. The molecular formula is C29H57N2O10P. The van der Waals surface area contributed by atoms with Crippen LogP contribution in [-0.4, -0.2) is 91.6 Å². The van der Waals surface area contributed by atoms with E-state index in [4.69, 9.17) is 24.6 Å². The third kappa shape index (κ3) is 22.2. The zero-order chi connectivity index (χ0) is 32.0. The molecule has 0 spiro atoms. The smallest absolute Gasteiger partial charge is 0.306 e. The number of nitrogens with two attached hydrogens (primary N) is 1. The van der Waals surface area contributed by atoms with Gasteiger partial charge in [0.25, 0.3) is 7.82 Å². The molecule has 0 aromatic rings. The van der Waals surface area contributed by atoms with E-state index in [9.17, 15) is 28.9 Å². The minimum Gasteiger partial charge on any atom is -0.756 e. The van der Waals surface area contributed by atoms with Crippen molar-refractivity contribution in [2.75, 3.05) is 40.9 Å². The number of hydrogen-bond donors (Lipinski definition) is 3. The van der Waals surface area contributed by atoms with Crippen LogP contribution in [-0.2, 0) is 32.7 Å². The number of phosphoric acid groups is 1. The maximum atomic E-state index is 13.0. The lowest BCUT2D eigenvalue weighted by molar-refractivity contribution is -0.870. The summed E-state index contributed by atoms with van der Waals surface area (Å²) in [6.07, 6.45) is 10.4. The number of phosphoric ester groups is 1. The third-order valence-electron chi connectivity index (χ3n) is 6.85. The molecule has 4 unspecified atom stereocenters. The lowest BCUT2D eigenvalue weighted by atomic mass is 10.00. The van der Waals surface area contributed by atoms with Gasteiger partial charge in [-0.15, -0.1) is 0 Å². The van der Waals surface area contributed by atoms with Gasteiger partial charge in [0.2, 0.25) is 0 Å². The number of esters is 1. The summed E-state index contributed by atoms with van der Waals surface area (Å²) >= 11 is 0. The van der Waals surface area contributed by atoms with Crippen molar-refractivity contribution in [1.82, 2.24) is 0 Å². The number of aliphatic hydroxyl groups excluding tert-OH is 1. The van der Waals surface area contributed by atoms with Gasteiger partial charge in [-0.3, -0.25) is 18.9 Å². The van der Waals surface area contributed by atoms with Gasteiger partial charge >= 0.3 is 11.9 Å². The number of ether oxygens (including phenoxy) is 1. The molecule has 0 saturated heterocycles. The zero-order valence-corrected chi connectivity index (χ0v) is 27.2. The van der Waals surface area contributed by atoms with Crippen LogP contribution in [0.15, 0.2) is 0 Å². The molecule has 0 fully saturated rings. The highest BCUT2D eigenvalue weighted by Crippen LogP contribution is 2.40. The van der Waals surface area contributed by atoms with Crippen LogP contribution in [0.3, 0.4) is 0 Å². The molecule has 13 heteroatoms.